The van der Waals surface area contributed by atoms with Crippen molar-refractivity contribution in [2.75, 3.05) is 0 Å². The first-order chi connectivity index (χ1) is 8.40. The smallest absolute Gasteiger partial charge is 0.237 e. The van der Waals surface area contributed by atoms with E-state index in [0.717, 1.165) is 5.56 Å². The number of benzene rings is 1. The van der Waals surface area contributed by atoms with Gasteiger partial charge in [0.05, 0.1) is 16.1 Å². The van der Waals surface area contributed by atoms with Crippen molar-refractivity contribution < 1.29 is 4.79 Å². The molecule has 0 saturated carbocycles. The summed E-state index contributed by atoms with van der Waals surface area (Å²) in [4.78, 5) is 11.7. The van der Waals surface area contributed by atoms with E-state index in [0.29, 0.717) is 28.9 Å². The van der Waals surface area contributed by atoms with Crippen LogP contribution >= 0.6 is 23.2 Å². The van der Waals surface area contributed by atoms with Crippen molar-refractivity contribution in [3.8, 4) is 0 Å². The molecule has 0 aromatic heterocycles. The Labute approximate surface area is 118 Å². The van der Waals surface area contributed by atoms with Crippen LogP contribution in [0.3, 0.4) is 0 Å². The van der Waals surface area contributed by atoms with E-state index in [1.807, 2.05) is 19.9 Å². The van der Waals surface area contributed by atoms with Crippen molar-refractivity contribution in [3.05, 3.63) is 33.8 Å². The van der Waals surface area contributed by atoms with E-state index in [2.05, 4.69) is 5.32 Å². The summed E-state index contributed by atoms with van der Waals surface area (Å²) in [6.45, 7) is 4.47. The third-order valence-electron chi connectivity index (χ3n) is 2.51. The molecule has 3 N–H and O–H groups in total. The molecule has 0 aliphatic rings. The van der Waals surface area contributed by atoms with Gasteiger partial charge in [-0.15, -0.1) is 0 Å². The minimum absolute atomic E-state index is 0.144. The minimum Gasteiger partial charge on any atom is -0.351 e. The fourth-order valence-corrected chi connectivity index (χ4v) is 1.91. The van der Waals surface area contributed by atoms with Crippen molar-refractivity contribution in [1.82, 2.24) is 5.32 Å². The Hall–Kier alpha value is -0.770. The highest BCUT2D eigenvalue weighted by atomic mass is 35.5. The van der Waals surface area contributed by atoms with Crippen molar-refractivity contribution in [1.29, 1.82) is 0 Å². The third kappa shape index (κ3) is 4.84. The third-order valence-corrected chi connectivity index (χ3v) is 3.25. The van der Waals surface area contributed by atoms with Gasteiger partial charge in [0, 0.05) is 6.54 Å². The standard InChI is InChI=1S/C13H18Cl2N2O/c1-8(2)5-12(16)13(18)17-7-9-3-4-10(14)11(15)6-9/h3-4,6,8,12H,5,7,16H2,1-2H3,(H,17,18). The first-order valence-electron chi connectivity index (χ1n) is 5.87. The summed E-state index contributed by atoms with van der Waals surface area (Å²) in [5.74, 6) is 0.255. The summed E-state index contributed by atoms with van der Waals surface area (Å²) in [5.41, 5.74) is 6.67. The largest absolute Gasteiger partial charge is 0.351 e. The van der Waals surface area contributed by atoms with Gasteiger partial charge in [0.25, 0.3) is 0 Å². The van der Waals surface area contributed by atoms with E-state index < -0.39 is 6.04 Å². The van der Waals surface area contributed by atoms with Crippen LogP contribution in [0.5, 0.6) is 0 Å². The summed E-state index contributed by atoms with van der Waals surface area (Å²) in [6.07, 6.45) is 0.674. The van der Waals surface area contributed by atoms with Gasteiger partial charge < -0.3 is 11.1 Å². The molecule has 1 aromatic carbocycles. The van der Waals surface area contributed by atoms with Gasteiger partial charge in [0.1, 0.15) is 0 Å². The number of nitrogens with one attached hydrogen (secondary N) is 1. The Bertz CT molecular complexity index is 421. The Balaban J connectivity index is 2.49. The molecule has 0 fully saturated rings. The van der Waals surface area contributed by atoms with Crippen molar-refractivity contribution in [3.63, 3.8) is 0 Å². The Kier molecular flexibility index (Phi) is 5.93. The van der Waals surface area contributed by atoms with E-state index in [4.69, 9.17) is 28.9 Å². The SMILES string of the molecule is CC(C)CC(N)C(=O)NCc1ccc(Cl)c(Cl)c1. The number of carbonyl (C=O) groups is 1. The fraction of sp³-hybridized carbons (Fsp3) is 0.462. The summed E-state index contributed by atoms with van der Waals surface area (Å²) in [5, 5.41) is 3.77. The minimum atomic E-state index is -0.465. The number of nitrogens with two attached hydrogens (primary N) is 1. The Morgan fingerprint density at radius 2 is 2.00 bits per heavy atom. The molecule has 1 aromatic rings. The molecular weight excluding hydrogens is 271 g/mol. The first kappa shape index (κ1) is 15.3. The summed E-state index contributed by atoms with van der Waals surface area (Å²) >= 11 is 11.7. The fourth-order valence-electron chi connectivity index (χ4n) is 1.58. The molecule has 0 bridgehead atoms. The predicted molar refractivity (Wildman–Crippen MR) is 75.7 cm³/mol. The zero-order valence-electron chi connectivity index (χ0n) is 10.5. The maximum absolute atomic E-state index is 11.7. The van der Waals surface area contributed by atoms with E-state index in [1.54, 1.807) is 12.1 Å². The van der Waals surface area contributed by atoms with Gasteiger partial charge in [-0.25, -0.2) is 0 Å². The second-order valence-corrected chi connectivity index (χ2v) is 5.52. The molecule has 100 valence electrons. The lowest BCUT2D eigenvalue weighted by Gasteiger charge is -2.14. The highest BCUT2D eigenvalue weighted by Gasteiger charge is 2.14. The maximum Gasteiger partial charge on any atom is 0.237 e. The topological polar surface area (TPSA) is 55.1 Å². The van der Waals surface area contributed by atoms with Gasteiger partial charge in [-0.3, -0.25) is 4.79 Å². The molecule has 0 heterocycles. The Morgan fingerprint density at radius 1 is 1.33 bits per heavy atom. The summed E-state index contributed by atoms with van der Waals surface area (Å²) < 4.78 is 0. The highest BCUT2D eigenvalue weighted by molar-refractivity contribution is 6.42. The van der Waals surface area contributed by atoms with Gasteiger partial charge in [0.15, 0.2) is 0 Å². The molecule has 0 aliphatic heterocycles. The van der Waals surface area contributed by atoms with Crippen LogP contribution in [0.15, 0.2) is 18.2 Å². The van der Waals surface area contributed by atoms with E-state index in [-0.39, 0.29) is 5.91 Å². The van der Waals surface area contributed by atoms with Crippen LogP contribution in [-0.2, 0) is 11.3 Å². The molecule has 1 unspecified atom stereocenters. The predicted octanol–water partition coefficient (Wildman–Crippen LogP) is 2.98. The van der Waals surface area contributed by atoms with Crippen molar-refractivity contribution in [2.24, 2.45) is 11.7 Å². The lowest BCUT2D eigenvalue weighted by atomic mass is 10.0. The lowest BCUT2D eigenvalue weighted by Crippen LogP contribution is -2.41. The zero-order chi connectivity index (χ0) is 13.7. The van der Waals surface area contributed by atoms with Gasteiger partial charge in [0.2, 0.25) is 5.91 Å². The molecule has 1 amide bonds. The Morgan fingerprint density at radius 3 is 2.56 bits per heavy atom. The van der Waals surface area contributed by atoms with E-state index in [1.165, 1.54) is 0 Å². The van der Waals surface area contributed by atoms with Gasteiger partial charge in [-0.2, -0.15) is 0 Å². The molecule has 0 saturated heterocycles. The number of hydrogen-bond acceptors (Lipinski definition) is 2. The molecule has 0 spiro atoms. The van der Waals surface area contributed by atoms with Crippen LogP contribution in [0.1, 0.15) is 25.8 Å². The molecule has 5 heteroatoms. The van der Waals surface area contributed by atoms with Crippen molar-refractivity contribution in [2.45, 2.75) is 32.9 Å². The van der Waals surface area contributed by atoms with Gasteiger partial charge in [-0.05, 0) is 30.0 Å². The van der Waals surface area contributed by atoms with Crippen LogP contribution in [0.2, 0.25) is 10.0 Å². The van der Waals surface area contributed by atoms with Crippen LogP contribution in [-0.4, -0.2) is 11.9 Å². The van der Waals surface area contributed by atoms with Crippen LogP contribution < -0.4 is 11.1 Å². The first-order valence-corrected chi connectivity index (χ1v) is 6.63. The average Bonchev–Trinajstić information content (AvgIpc) is 2.29. The highest BCUT2D eigenvalue weighted by Crippen LogP contribution is 2.22. The second-order valence-electron chi connectivity index (χ2n) is 4.70. The number of amides is 1. The molecule has 3 nitrogen and oxygen atoms in total. The number of halogens is 2. The van der Waals surface area contributed by atoms with Gasteiger partial charge >= 0.3 is 0 Å². The summed E-state index contributed by atoms with van der Waals surface area (Å²) in [7, 11) is 0. The van der Waals surface area contributed by atoms with Crippen LogP contribution in [0, 0.1) is 5.92 Å². The summed E-state index contributed by atoms with van der Waals surface area (Å²) in [6, 6.07) is 4.80. The quantitative estimate of drug-likeness (QED) is 0.875. The average molecular weight is 289 g/mol. The van der Waals surface area contributed by atoms with E-state index >= 15 is 0 Å². The van der Waals surface area contributed by atoms with Crippen LogP contribution in [0.4, 0.5) is 0 Å². The maximum atomic E-state index is 11.7. The molecule has 0 aliphatic carbocycles. The molecule has 0 radical (unpaired) electrons. The number of hydrogen-bond donors (Lipinski definition) is 2. The molecular formula is C13H18Cl2N2O. The van der Waals surface area contributed by atoms with Gasteiger partial charge in [-0.1, -0.05) is 43.1 Å². The molecule has 1 rings (SSSR count). The zero-order valence-corrected chi connectivity index (χ0v) is 12.1. The normalized spacial score (nSPS) is 12.6. The molecule has 1 atom stereocenters. The number of carbonyl (C=O) groups excluding carboxylic acids is 1. The van der Waals surface area contributed by atoms with E-state index in [9.17, 15) is 4.79 Å². The monoisotopic (exact) mass is 288 g/mol. The van der Waals surface area contributed by atoms with Crippen LogP contribution in [0.25, 0.3) is 0 Å². The second kappa shape index (κ2) is 6.98. The molecule has 18 heavy (non-hydrogen) atoms. The van der Waals surface area contributed by atoms with Crippen molar-refractivity contribution >= 4 is 29.1 Å². The lowest BCUT2D eigenvalue weighted by molar-refractivity contribution is -0.122. The number of rotatable bonds is 5.